The number of hydrogen-bond donors (Lipinski definition) is 1. The van der Waals surface area contributed by atoms with Gasteiger partial charge in [-0.3, -0.25) is 9.59 Å². The first-order valence-corrected chi connectivity index (χ1v) is 5.18. The summed E-state index contributed by atoms with van der Waals surface area (Å²) in [6.07, 6.45) is 3.25. The van der Waals surface area contributed by atoms with Gasteiger partial charge in [-0.25, -0.2) is 0 Å². The highest BCUT2D eigenvalue weighted by Gasteiger charge is 2.04. The van der Waals surface area contributed by atoms with Gasteiger partial charge in [0, 0.05) is 0 Å². The first kappa shape index (κ1) is 13.0. The molecule has 0 saturated carbocycles. The Morgan fingerprint density at radius 1 is 1.29 bits per heavy atom. The number of benzene rings is 1. The van der Waals surface area contributed by atoms with Crippen molar-refractivity contribution >= 4 is 17.8 Å². The number of esters is 1. The van der Waals surface area contributed by atoms with Crippen molar-refractivity contribution in [3.8, 4) is 5.75 Å². The molecule has 0 radical (unpaired) electrons. The predicted molar refractivity (Wildman–Crippen MR) is 63.4 cm³/mol. The Hall–Kier alpha value is -2.10. The van der Waals surface area contributed by atoms with E-state index in [2.05, 4.69) is 0 Å². The molecule has 0 atom stereocenters. The van der Waals surface area contributed by atoms with Crippen molar-refractivity contribution in [1.82, 2.24) is 0 Å². The number of Topliss-reactive ketones (excluding diaryl/α,β-unsaturated/α-hetero) is 1. The number of hydrogen-bond acceptors (Lipinski definition) is 4. The Kier molecular flexibility index (Phi) is 4.94. The lowest BCUT2D eigenvalue weighted by molar-refractivity contribution is -0.144. The second kappa shape index (κ2) is 6.48. The quantitative estimate of drug-likeness (QED) is 0.624. The number of phenols is 1. The summed E-state index contributed by atoms with van der Waals surface area (Å²) in [5.74, 6) is -0.527. The summed E-state index contributed by atoms with van der Waals surface area (Å²) in [5, 5.41) is 9.06. The molecule has 0 fully saturated rings. The molecule has 1 rings (SSSR count). The minimum Gasteiger partial charge on any atom is -0.508 e. The van der Waals surface area contributed by atoms with Crippen LogP contribution < -0.4 is 0 Å². The fraction of sp³-hybridized carbons (Fsp3) is 0.231. The Bertz CT molecular complexity index is 418. The first-order valence-electron chi connectivity index (χ1n) is 5.18. The van der Waals surface area contributed by atoms with Gasteiger partial charge in [0.2, 0.25) is 0 Å². The standard InChI is InChI=1S/C13H14O4/c1-10(14)9-13(16)17-8-2-3-11-4-6-12(15)7-5-11/h2-7,15H,8-9H2,1H3. The lowest BCUT2D eigenvalue weighted by atomic mass is 10.2. The van der Waals surface area contributed by atoms with E-state index in [9.17, 15) is 9.59 Å². The van der Waals surface area contributed by atoms with Crippen molar-refractivity contribution in [3.63, 3.8) is 0 Å². The monoisotopic (exact) mass is 234 g/mol. The van der Waals surface area contributed by atoms with E-state index in [1.54, 1.807) is 36.4 Å². The fourth-order valence-electron chi connectivity index (χ4n) is 1.16. The second-order valence-electron chi connectivity index (χ2n) is 3.56. The molecule has 0 unspecified atom stereocenters. The van der Waals surface area contributed by atoms with Crippen molar-refractivity contribution in [2.75, 3.05) is 6.61 Å². The van der Waals surface area contributed by atoms with Crippen LogP contribution in [0, 0.1) is 0 Å². The summed E-state index contributed by atoms with van der Waals surface area (Å²) in [6, 6.07) is 6.62. The molecule has 4 nitrogen and oxygen atoms in total. The number of phenolic OH excluding ortho intramolecular Hbond substituents is 1. The molecule has 0 aromatic heterocycles. The predicted octanol–water partition coefficient (Wildman–Crippen LogP) is 1.93. The maximum absolute atomic E-state index is 11.0. The second-order valence-corrected chi connectivity index (χ2v) is 3.56. The molecule has 0 spiro atoms. The maximum atomic E-state index is 11.0. The Morgan fingerprint density at radius 3 is 2.53 bits per heavy atom. The summed E-state index contributed by atoms with van der Waals surface area (Å²) in [4.78, 5) is 21.6. The minimum atomic E-state index is -0.521. The highest BCUT2D eigenvalue weighted by Crippen LogP contribution is 2.10. The van der Waals surface area contributed by atoms with Crippen molar-refractivity contribution in [3.05, 3.63) is 35.9 Å². The average molecular weight is 234 g/mol. The van der Waals surface area contributed by atoms with Crippen molar-refractivity contribution in [2.24, 2.45) is 0 Å². The largest absolute Gasteiger partial charge is 0.508 e. The van der Waals surface area contributed by atoms with E-state index in [1.165, 1.54) is 6.92 Å². The van der Waals surface area contributed by atoms with Gasteiger partial charge in [0.15, 0.2) is 0 Å². The van der Waals surface area contributed by atoms with E-state index < -0.39 is 5.97 Å². The number of ketones is 1. The molecule has 4 heteroatoms. The zero-order valence-electron chi connectivity index (χ0n) is 9.55. The van der Waals surface area contributed by atoms with Gasteiger partial charge in [-0.05, 0) is 30.7 Å². The molecule has 1 aromatic rings. The molecule has 0 heterocycles. The molecule has 1 N–H and O–H groups in total. The molecule has 1 aromatic carbocycles. The zero-order valence-corrected chi connectivity index (χ0v) is 9.55. The van der Waals surface area contributed by atoms with E-state index in [0.717, 1.165) is 5.56 Å². The molecular formula is C13H14O4. The molecular weight excluding hydrogens is 220 g/mol. The summed E-state index contributed by atoms with van der Waals surface area (Å²) in [5.41, 5.74) is 0.894. The molecule has 0 saturated heterocycles. The lowest BCUT2D eigenvalue weighted by Gasteiger charge is -1.99. The fourth-order valence-corrected chi connectivity index (χ4v) is 1.16. The molecule has 0 aliphatic carbocycles. The Morgan fingerprint density at radius 2 is 1.94 bits per heavy atom. The maximum Gasteiger partial charge on any atom is 0.313 e. The van der Waals surface area contributed by atoms with Gasteiger partial charge in [0.05, 0.1) is 0 Å². The average Bonchev–Trinajstić information content (AvgIpc) is 2.26. The molecule has 17 heavy (non-hydrogen) atoms. The number of aromatic hydroxyl groups is 1. The zero-order chi connectivity index (χ0) is 12.7. The third kappa shape index (κ3) is 5.51. The smallest absolute Gasteiger partial charge is 0.313 e. The van der Waals surface area contributed by atoms with Crippen molar-refractivity contribution < 1.29 is 19.4 Å². The van der Waals surface area contributed by atoms with Gasteiger partial charge >= 0.3 is 5.97 Å². The van der Waals surface area contributed by atoms with E-state index >= 15 is 0 Å². The minimum absolute atomic E-state index is 0.132. The van der Waals surface area contributed by atoms with Crippen LogP contribution in [0.15, 0.2) is 30.3 Å². The first-order chi connectivity index (χ1) is 8.08. The van der Waals surface area contributed by atoms with Crippen LogP contribution in [0.5, 0.6) is 5.75 Å². The van der Waals surface area contributed by atoms with Crippen LogP contribution in [-0.4, -0.2) is 23.5 Å². The Labute approximate surface area is 99.5 Å². The van der Waals surface area contributed by atoms with Crippen molar-refractivity contribution in [1.29, 1.82) is 0 Å². The van der Waals surface area contributed by atoms with Crippen LogP contribution in [0.2, 0.25) is 0 Å². The molecule has 0 aliphatic heterocycles. The topological polar surface area (TPSA) is 63.6 Å². The number of ether oxygens (including phenoxy) is 1. The van der Waals surface area contributed by atoms with Crippen molar-refractivity contribution in [2.45, 2.75) is 13.3 Å². The number of carbonyl (C=O) groups is 2. The SMILES string of the molecule is CC(=O)CC(=O)OCC=Cc1ccc(O)cc1. The summed E-state index contributed by atoms with van der Waals surface area (Å²) in [6.45, 7) is 1.47. The highest BCUT2D eigenvalue weighted by molar-refractivity contribution is 5.94. The van der Waals surface area contributed by atoms with Crippen LogP contribution in [0.1, 0.15) is 18.9 Å². The van der Waals surface area contributed by atoms with Gasteiger partial charge < -0.3 is 9.84 Å². The van der Waals surface area contributed by atoms with Crippen LogP contribution in [-0.2, 0) is 14.3 Å². The van der Waals surface area contributed by atoms with Gasteiger partial charge in [0.25, 0.3) is 0 Å². The molecule has 90 valence electrons. The summed E-state index contributed by atoms with van der Waals surface area (Å²) in [7, 11) is 0. The normalized spacial score (nSPS) is 10.4. The summed E-state index contributed by atoms with van der Waals surface area (Å²) >= 11 is 0. The van der Waals surface area contributed by atoms with Crippen LogP contribution in [0.25, 0.3) is 6.08 Å². The van der Waals surface area contributed by atoms with E-state index in [0.29, 0.717) is 0 Å². The van der Waals surface area contributed by atoms with E-state index in [4.69, 9.17) is 9.84 Å². The van der Waals surface area contributed by atoms with Crippen LogP contribution in [0.4, 0.5) is 0 Å². The van der Waals surface area contributed by atoms with Gasteiger partial charge in [0.1, 0.15) is 24.6 Å². The van der Waals surface area contributed by atoms with E-state index in [-0.39, 0.29) is 24.6 Å². The van der Waals surface area contributed by atoms with Gasteiger partial charge in [-0.15, -0.1) is 0 Å². The van der Waals surface area contributed by atoms with E-state index in [1.807, 2.05) is 0 Å². The van der Waals surface area contributed by atoms with Gasteiger partial charge in [-0.2, -0.15) is 0 Å². The molecule has 0 aliphatic rings. The Balaban J connectivity index is 2.33. The summed E-state index contributed by atoms with van der Waals surface area (Å²) < 4.78 is 4.80. The van der Waals surface area contributed by atoms with Gasteiger partial charge in [-0.1, -0.05) is 18.2 Å². The van der Waals surface area contributed by atoms with Crippen LogP contribution in [0.3, 0.4) is 0 Å². The third-order valence-corrected chi connectivity index (χ3v) is 1.94. The molecule has 0 amide bonds. The third-order valence-electron chi connectivity index (χ3n) is 1.94. The van der Waals surface area contributed by atoms with Crippen LogP contribution >= 0.6 is 0 Å². The molecule has 0 bridgehead atoms. The highest BCUT2D eigenvalue weighted by atomic mass is 16.5. The number of rotatable bonds is 5. The number of carbonyl (C=O) groups excluding carboxylic acids is 2. The lowest BCUT2D eigenvalue weighted by Crippen LogP contribution is -2.08.